The van der Waals surface area contributed by atoms with Crippen molar-refractivity contribution in [2.24, 2.45) is 0 Å². The number of nitrogens with zero attached hydrogens (tertiary/aromatic N) is 4. The summed E-state index contributed by atoms with van der Waals surface area (Å²) in [6.07, 6.45) is 3.64. The molecule has 0 saturated carbocycles. The van der Waals surface area contributed by atoms with Gasteiger partial charge < -0.3 is 0 Å². The van der Waals surface area contributed by atoms with E-state index in [-0.39, 0.29) is 0 Å². The van der Waals surface area contributed by atoms with Crippen LogP contribution in [0.4, 0.5) is 34.4 Å². The molecule has 154 valence electrons. The fourth-order valence-electron chi connectivity index (χ4n) is 3.72. The van der Waals surface area contributed by atoms with Gasteiger partial charge in [-0.25, -0.2) is 9.97 Å². The fraction of sp³-hybridized carbons (Fsp3) is 0. The molecule has 0 unspecified atom stereocenters. The van der Waals surface area contributed by atoms with Crippen molar-refractivity contribution in [3.05, 3.63) is 134 Å². The second-order valence-electron chi connectivity index (χ2n) is 7.24. The first kappa shape index (κ1) is 19.5. The molecule has 0 atom stereocenters. The zero-order valence-corrected chi connectivity index (χ0v) is 17.5. The van der Waals surface area contributed by atoms with Gasteiger partial charge in [0.1, 0.15) is 11.6 Å². The van der Waals surface area contributed by atoms with Crippen molar-refractivity contribution in [1.29, 1.82) is 0 Å². The van der Waals surface area contributed by atoms with Crippen LogP contribution < -0.4 is 9.80 Å². The van der Waals surface area contributed by atoms with Gasteiger partial charge >= 0.3 is 0 Å². The molecule has 0 aliphatic carbocycles. The summed E-state index contributed by atoms with van der Waals surface area (Å²) in [5.74, 6) is 1.72. The molecule has 0 saturated heterocycles. The molecule has 2 heterocycles. The molecule has 0 bridgehead atoms. The van der Waals surface area contributed by atoms with Gasteiger partial charge in [0.2, 0.25) is 0 Å². The number of aromatic nitrogens is 2. The van der Waals surface area contributed by atoms with Gasteiger partial charge in [0.15, 0.2) is 0 Å². The molecular formula is C28H22N4. The molecule has 5 rings (SSSR count). The van der Waals surface area contributed by atoms with Crippen LogP contribution in [0.25, 0.3) is 0 Å². The quantitative estimate of drug-likeness (QED) is 0.289. The smallest absolute Gasteiger partial charge is 0.137 e. The number of hydrogen-bond donors (Lipinski definition) is 0. The number of anilines is 6. The van der Waals surface area contributed by atoms with Crippen LogP contribution in [0.15, 0.2) is 134 Å². The van der Waals surface area contributed by atoms with Crippen LogP contribution in [0.2, 0.25) is 0 Å². The molecule has 5 aromatic rings. The van der Waals surface area contributed by atoms with E-state index in [1.54, 1.807) is 0 Å². The molecule has 3 aromatic carbocycles. The van der Waals surface area contributed by atoms with E-state index >= 15 is 0 Å². The average Bonchev–Trinajstić information content (AvgIpc) is 2.87. The molecule has 0 radical (unpaired) electrons. The summed E-state index contributed by atoms with van der Waals surface area (Å²) in [4.78, 5) is 13.6. The van der Waals surface area contributed by atoms with Crippen LogP contribution in [0.1, 0.15) is 0 Å². The molecule has 2 aromatic heterocycles. The summed E-state index contributed by atoms with van der Waals surface area (Å²) >= 11 is 0. The Kier molecular flexibility index (Phi) is 5.58. The van der Waals surface area contributed by atoms with Crippen molar-refractivity contribution in [2.75, 3.05) is 9.80 Å². The van der Waals surface area contributed by atoms with Gasteiger partial charge in [-0.05, 0) is 66.7 Å². The normalized spacial score (nSPS) is 10.5. The molecule has 0 fully saturated rings. The number of pyridine rings is 2. The predicted octanol–water partition coefficient (Wildman–Crippen LogP) is 7.42. The fourth-order valence-corrected chi connectivity index (χ4v) is 3.72. The molecule has 0 spiro atoms. The van der Waals surface area contributed by atoms with Gasteiger partial charge in [0.25, 0.3) is 0 Å². The molecule has 32 heavy (non-hydrogen) atoms. The van der Waals surface area contributed by atoms with E-state index < -0.39 is 0 Å². The highest BCUT2D eigenvalue weighted by Gasteiger charge is 2.17. The SMILES string of the molecule is c1ccc(N(c2cccc(N(c3ccccc3)c3ccccn3)c2)c2ccccn2)cc1. The van der Waals surface area contributed by atoms with E-state index in [0.29, 0.717) is 0 Å². The summed E-state index contributed by atoms with van der Waals surface area (Å²) in [6, 6.07) is 40.9. The Morgan fingerprint density at radius 3 is 1.19 bits per heavy atom. The minimum absolute atomic E-state index is 0.861. The van der Waals surface area contributed by atoms with Gasteiger partial charge in [-0.3, -0.25) is 9.80 Å². The molecular weight excluding hydrogens is 392 g/mol. The van der Waals surface area contributed by atoms with Gasteiger partial charge in [-0.2, -0.15) is 0 Å². The molecule has 0 aliphatic rings. The summed E-state index contributed by atoms with van der Waals surface area (Å²) in [7, 11) is 0. The van der Waals surface area contributed by atoms with Gasteiger partial charge in [0.05, 0.1) is 0 Å². The Bertz CT molecular complexity index is 1080. The standard InChI is InChI=1S/C28H22N4/c1-3-12-23(13-4-1)31(27-18-7-9-20-29-27)25-16-11-17-26(22-25)32(24-14-5-2-6-15-24)28-19-8-10-21-30-28/h1-22H. The zero-order valence-electron chi connectivity index (χ0n) is 17.5. The van der Waals surface area contributed by atoms with E-state index in [1.165, 1.54) is 0 Å². The lowest BCUT2D eigenvalue weighted by molar-refractivity contribution is 1.16. The number of hydrogen-bond acceptors (Lipinski definition) is 4. The van der Waals surface area contributed by atoms with Crippen LogP contribution in [-0.4, -0.2) is 9.97 Å². The van der Waals surface area contributed by atoms with Gasteiger partial charge in [0, 0.05) is 35.1 Å². The first-order valence-corrected chi connectivity index (χ1v) is 10.5. The Balaban J connectivity index is 1.65. The molecule has 0 aliphatic heterocycles. The van der Waals surface area contributed by atoms with E-state index in [4.69, 9.17) is 0 Å². The molecule has 0 N–H and O–H groups in total. The van der Waals surface area contributed by atoms with E-state index in [9.17, 15) is 0 Å². The third kappa shape index (κ3) is 4.07. The third-order valence-electron chi connectivity index (χ3n) is 5.13. The van der Waals surface area contributed by atoms with Gasteiger partial charge in [-0.15, -0.1) is 0 Å². The first-order valence-electron chi connectivity index (χ1n) is 10.5. The third-order valence-corrected chi connectivity index (χ3v) is 5.13. The molecule has 4 nitrogen and oxygen atoms in total. The van der Waals surface area contributed by atoms with E-state index in [0.717, 1.165) is 34.4 Å². The van der Waals surface area contributed by atoms with Crippen LogP contribution in [0.3, 0.4) is 0 Å². The van der Waals surface area contributed by atoms with Crippen molar-refractivity contribution >= 4 is 34.4 Å². The minimum atomic E-state index is 0.861. The second kappa shape index (κ2) is 9.14. The first-order chi connectivity index (χ1) is 15.9. The Morgan fingerprint density at radius 1 is 0.375 bits per heavy atom. The van der Waals surface area contributed by atoms with E-state index in [2.05, 4.69) is 68.3 Å². The van der Waals surface area contributed by atoms with Crippen molar-refractivity contribution in [2.45, 2.75) is 0 Å². The number of para-hydroxylation sites is 2. The van der Waals surface area contributed by atoms with Crippen LogP contribution in [0.5, 0.6) is 0 Å². The molecule has 0 amide bonds. The second-order valence-corrected chi connectivity index (χ2v) is 7.24. The predicted molar refractivity (Wildman–Crippen MR) is 131 cm³/mol. The highest BCUT2D eigenvalue weighted by Crippen LogP contribution is 2.38. The number of rotatable bonds is 6. The lowest BCUT2D eigenvalue weighted by Crippen LogP contribution is -2.14. The summed E-state index contributed by atoms with van der Waals surface area (Å²) < 4.78 is 0. The van der Waals surface area contributed by atoms with Crippen LogP contribution in [-0.2, 0) is 0 Å². The van der Waals surface area contributed by atoms with Crippen molar-refractivity contribution < 1.29 is 0 Å². The number of benzene rings is 3. The van der Waals surface area contributed by atoms with E-state index in [1.807, 2.05) is 85.2 Å². The summed E-state index contributed by atoms with van der Waals surface area (Å²) in [5.41, 5.74) is 4.13. The lowest BCUT2D eigenvalue weighted by Gasteiger charge is -2.28. The van der Waals surface area contributed by atoms with Crippen LogP contribution >= 0.6 is 0 Å². The molecule has 4 heteroatoms. The van der Waals surface area contributed by atoms with Crippen molar-refractivity contribution in [3.8, 4) is 0 Å². The Hall–Kier alpha value is -4.44. The Labute approximate surface area is 188 Å². The Morgan fingerprint density at radius 2 is 0.781 bits per heavy atom. The minimum Gasteiger partial charge on any atom is -0.295 e. The highest BCUT2D eigenvalue weighted by molar-refractivity contribution is 5.81. The zero-order chi connectivity index (χ0) is 21.6. The average molecular weight is 415 g/mol. The maximum Gasteiger partial charge on any atom is 0.137 e. The summed E-state index contributed by atoms with van der Waals surface area (Å²) in [6.45, 7) is 0. The van der Waals surface area contributed by atoms with Crippen LogP contribution in [0, 0.1) is 0 Å². The van der Waals surface area contributed by atoms with Crippen molar-refractivity contribution in [3.63, 3.8) is 0 Å². The largest absolute Gasteiger partial charge is 0.295 e. The van der Waals surface area contributed by atoms with Gasteiger partial charge in [-0.1, -0.05) is 54.6 Å². The monoisotopic (exact) mass is 414 g/mol. The topological polar surface area (TPSA) is 32.3 Å². The maximum absolute atomic E-state index is 4.62. The lowest BCUT2D eigenvalue weighted by atomic mass is 10.2. The van der Waals surface area contributed by atoms with Crippen molar-refractivity contribution in [1.82, 2.24) is 9.97 Å². The summed E-state index contributed by atoms with van der Waals surface area (Å²) in [5, 5.41) is 0. The maximum atomic E-state index is 4.62. The highest BCUT2D eigenvalue weighted by atomic mass is 15.2.